The quantitative estimate of drug-likeness (QED) is 0.190. The van der Waals surface area contributed by atoms with Gasteiger partial charge in [0.05, 0.1) is 11.1 Å². The van der Waals surface area contributed by atoms with E-state index < -0.39 is 0 Å². The van der Waals surface area contributed by atoms with Gasteiger partial charge in [0.2, 0.25) is 0 Å². The summed E-state index contributed by atoms with van der Waals surface area (Å²) in [5.74, 6) is 2.83. The third kappa shape index (κ3) is 4.21. The lowest BCUT2D eigenvalue weighted by molar-refractivity contribution is 0.482. The minimum Gasteiger partial charge on any atom is -0.457 e. The first kappa shape index (κ1) is 26.1. The second kappa shape index (κ2) is 10.4. The van der Waals surface area contributed by atoms with Crippen LogP contribution in [-0.2, 0) is 7.05 Å². The second-order valence-electron chi connectivity index (χ2n) is 11.2. The molecule has 0 spiro atoms. The number of ether oxygens (including phenoxy) is 1. The van der Waals surface area contributed by atoms with Crippen LogP contribution in [0.2, 0.25) is 0 Å². The monoisotopic (exact) mass is 598 g/mol. The lowest BCUT2D eigenvalue weighted by Gasteiger charge is -2.25. The zero-order valence-electron chi connectivity index (χ0n) is 24.8. The van der Waals surface area contributed by atoms with E-state index in [9.17, 15) is 0 Å². The van der Waals surface area contributed by atoms with Gasteiger partial charge in [0.1, 0.15) is 45.5 Å². The van der Waals surface area contributed by atoms with Gasteiger partial charge in [-0.05, 0) is 42.5 Å². The van der Waals surface area contributed by atoms with Gasteiger partial charge in [0, 0.05) is 71.2 Å². The predicted molar refractivity (Wildman–Crippen MR) is 182 cm³/mol. The van der Waals surface area contributed by atoms with E-state index in [1.54, 1.807) is 12.4 Å². The summed E-state index contributed by atoms with van der Waals surface area (Å²) < 4.78 is 21.5. The first-order valence-electron chi connectivity index (χ1n) is 15.0. The van der Waals surface area contributed by atoms with Gasteiger partial charge >= 0.3 is 0 Å². The van der Waals surface area contributed by atoms with Crippen LogP contribution < -0.4 is 9.64 Å². The number of benzene rings is 5. The van der Waals surface area contributed by atoms with E-state index in [2.05, 4.69) is 40.2 Å². The molecular weight excluding hydrogens is 572 g/mol. The number of nitrogens with zero attached hydrogens (tertiary/aromatic N) is 4. The predicted octanol–water partition coefficient (Wildman–Crippen LogP) is 10.5. The van der Waals surface area contributed by atoms with E-state index in [0.29, 0.717) is 17.1 Å². The zero-order chi connectivity index (χ0) is 30.6. The largest absolute Gasteiger partial charge is 0.457 e. The Morgan fingerprint density at radius 2 is 1.26 bits per heavy atom. The average molecular weight is 599 g/mol. The Hall–Kier alpha value is -6.34. The highest BCUT2D eigenvalue weighted by atomic mass is 16.5. The van der Waals surface area contributed by atoms with Crippen molar-refractivity contribution in [3.8, 4) is 22.9 Å². The molecule has 0 bridgehead atoms. The lowest BCUT2D eigenvalue weighted by Crippen LogP contribution is -2.11. The van der Waals surface area contributed by atoms with Crippen LogP contribution in [0.4, 0.5) is 17.2 Å². The molecule has 0 atom stereocenters. The van der Waals surface area contributed by atoms with Gasteiger partial charge in [0.15, 0.2) is 0 Å². The fraction of sp³-hybridized carbons (Fsp3) is 0.0256. The molecule has 220 valence electrons. The molecule has 0 amide bonds. The number of fused-ring (bicyclic) bond motifs is 6. The van der Waals surface area contributed by atoms with Crippen LogP contribution in [0.25, 0.3) is 55.3 Å². The third-order valence-electron chi connectivity index (χ3n) is 8.31. The van der Waals surface area contributed by atoms with E-state index >= 15 is 0 Å². The standard InChI is InChI=1S/C39H26N4O3/c1-42-20-19-41-39(42)30-21-26(23-34-37(30)28-13-5-7-15-32(28)45-34)44-27-22-31(38-29-14-6-8-16-33(29)46-35(38)24-27)43(25-11-3-2-4-12-25)36-17-9-10-18-40-36/h2-24H,1H3. The Labute approximate surface area is 263 Å². The zero-order valence-corrected chi connectivity index (χ0v) is 24.8. The SMILES string of the molecule is Cn1ccnc1-c1cc(Oc2cc(N(c3ccccc3)c3ccccn3)c3c(c2)oc2ccccc23)cc2oc3ccccc3c12. The maximum atomic E-state index is 6.72. The third-order valence-corrected chi connectivity index (χ3v) is 8.31. The van der Waals surface area contributed by atoms with Crippen molar-refractivity contribution in [2.45, 2.75) is 0 Å². The van der Waals surface area contributed by atoms with Crippen molar-refractivity contribution in [3.05, 3.63) is 140 Å². The molecule has 9 aromatic rings. The topological polar surface area (TPSA) is 69.5 Å². The van der Waals surface area contributed by atoms with Crippen LogP contribution >= 0.6 is 0 Å². The molecule has 7 heteroatoms. The number of aromatic nitrogens is 3. The number of hydrogen-bond donors (Lipinski definition) is 0. The van der Waals surface area contributed by atoms with Crippen molar-refractivity contribution in [2.24, 2.45) is 7.05 Å². The van der Waals surface area contributed by atoms with Gasteiger partial charge in [-0.2, -0.15) is 0 Å². The molecule has 5 aromatic carbocycles. The first-order valence-corrected chi connectivity index (χ1v) is 15.0. The van der Waals surface area contributed by atoms with Gasteiger partial charge in [-0.15, -0.1) is 0 Å². The van der Waals surface area contributed by atoms with Crippen LogP contribution in [0.3, 0.4) is 0 Å². The summed E-state index contributed by atoms with van der Waals surface area (Å²) in [6.07, 6.45) is 5.54. The van der Waals surface area contributed by atoms with Crippen LogP contribution in [0.15, 0.2) is 149 Å². The minimum atomic E-state index is 0.611. The molecule has 0 aliphatic carbocycles. The molecule has 0 N–H and O–H groups in total. The molecule has 0 radical (unpaired) electrons. The smallest absolute Gasteiger partial charge is 0.141 e. The van der Waals surface area contributed by atoms with Crippen molar-refractivity contribution in [2.75, 3.05) is 4.90 Å². The van der Waals surface area contributed by atoms with E-state index in [-0.39, 0.29) is 0 Å². The fourth-order valence-corrected chi connectivity index (χ4v) is 6.33. The summed E-state index contributed by atoms with van der Waals surface area (Å²) in [6.45, 7) is 0. The summed E-state index contributed by atoms with van der Waals surface area (Å²) >= 11 is 0. The Bertz CT molecular complexity index is 2490. The Kier molecular flexibility index (Phi) is 5.89. The molecule has 7 nitrogen and oxygen atoms in total. The second-order valence-corrected chi connectivity index (χ2v) is 11.2. The molecular formula is C39H26N4O3. The van der Waals surface area contributed by atoms with E-state index in [1.165, 1.54) is 0 Å². The van der Waals surface area contributed by atoms with Crippen LogP contribution in [0.5, 0.6) is 11.5 Å². The fourth-order valence-electron chi connectivity index (χ4n) is 6.33. The number of imidazole rings is 1. The van der Waals surface area contributed by atoms with Gasteiger partial charge < -0.3 is 18.1 Å². The Morgan fingerprint density at radius 3 is 1.96 bits per heavy atom. The minimum absolute atomic E-state index is 0.611. The van der Waals surface area contributed by atoms with Gasteiger partial charge in [0.25, 0.3) is 0 Å². The number of aryl methyl sites for hydroxylation is 1. The van der Waals surface area contributed by atoms with E-state index in [1.807, 2.05) is 109 Å². The summed E-state index contributed by atoms with van der Waals surface area (Å²) in [4.78, 5) is 11.6. The number of furan rings is 2. The van der Waals surface area contributed by atoms with E-state index in [4.69, 9.17) is 18.6 Å². The number of pyridine rings is 1. The summed E-state index contributed by atoms with van der Waals surface area (Å²) in [7, 11) is 1.99. The van der Waals surface area contributed by atoms with Crippen LogP contribution in [0, 0.1) is 0 Å². The number of hydrogen-bond acceptors (Lipinski definition) is 6. The maximum absolute atomic E-state index is 6.72. The first-order chi connectivity index (χ1) is 22.7. The molecule has 4 aromatic heterocycles. The molecule has 9 rings (SSSR count). The number of anilines is 3. The molecule has 0 aliphatic heterocycles. The van der Waals surface area contributed by atoms with Crippen molar-refractivity contribution >= 4 is 61.1 Å². The summed E-state index contributed by atoms with van der Waals surface area (Å²) in [6, 6.07) is 40.2. The van der Waals surface area contributed by atoms with Crippen molar-refractivity contribution in [1.29, 1.82) is 0 Å². The number of rotatable bonds is 6. The van der Waals surface area contributed by atoms with Crippen molar-refractivity contribution < 1.29 is 13.6 Å². The van der Waals surface area contributed by atoms with E-state index in [0.717, 1.165) is 66.9 Å². The number of para-hydroxylation sites is 3. The summed E-state index contributed by atoms with van der Waals surface area (Å²) in [5.41, 5.74) is 5.81. The molecule has 46 heavy (non-hydrogen) atoms. The van der Waals surface area contributed by atoms with Crippen molar-refractivity contribution in [1.82, 2.24) is 14.5 Å². The Balaban J connectivity index is 1.28. The Morgan fingerprint density at radius 1 is 0.609 bits per heavy atom. The highest BCUT2D eigenvalue weighted by Gasteiger charge is 2.23. The molecule has 0 saturated carbocycles. The van der Waals surface area contributed by atoms with Gasteiger partial charge in [-0.1, -0.05) is 60.7 Å². The lowest BCUT2D eigenvalue weighted by atomic mass is 10.0. The average Bonchev–Trinajstić information content (AvgIpc) is 3.80. The summed E-state index contributed by atoms with van der Waals surface area (Å²) in [5, 5.41) is 4.01. The van der Waals surface area contributed by atoms with Gasteiger partial charge in [-0.3, -0.25) is 4.90 Å². The maximum Gasteiger partial charge on any atom is 0.141 e. The van der Waals surface area contributed by atoms with Gasteiger partial charge in [-0.25, -0.2) is 9.97 Å². The molecule has 4 heterocycles. The van der Waals surface area contributed by atoms with Crippen LogP contribution in [0.1, 0.15) is 0 Å². The highest BCUT2D eigenvalue weighted by molar-refractivity contribution is 6.14. The van der Waals surface area contributed by atoms with Crippen molar-refractivity contribution in [3.63, 3.8) is 0 Å². The molecule has 0 unspecified atom stereocenters. The molecule has 0 fully saturated rings. The normalized spacial score (nSPS) is 11.6. The van der Waals surface area contributed by atoms with Crippen LogP contribution in [-0.4, -0.2) is 14.5 Å². The molecule has 0 saturated heterocycles. The molecule has 0 aliphatic rings. The highest BCUT2D eigenvalue weighted by Crippen LogP contribution is 2.46.